The number of pyridine rings is 1. The molecule has 3 heterocycles. The molecule has 1 aliphatic heterocycles. The van der Waals surface area contributed by atoms with Crippen LogP contribution in [0.3, 0.4) is 0 Å². The number of aliphatic carboxylic acids is 1. The number of anilines is 1. The van der Waals surface area contributed by atoms with E-state index >= 15 is 0 Å². The standard InChI is InChI=1S/C28H38N4O4S2/c1-19(2)18-29-24-21(26(35)31-16-12-13-20(3)25(31)30-24)17-22-27(36)32(28(37)38-22)15-11-9-7-5-4-6-8-10-14-23(33)34/h12-13,16-17,19,29H,4-11,14-15,18H2,1-3H3,(H,33,34)/b22-17-. The van der Waals surface area contributed by atoms with Gasteiger partial charge in [0.25, 0.3) is 11.5 Å². The first-order valence-corrected chi connectivity index (χ1v) is 14.6. The van der Waals surface area contributed by atoms with Crippen molar-refractivity contribution in [2.45, 2.75) is 78.6 Å². The van der Waals surface area contributed by atoms with Crippen LogP contribution >= 0.6 is 24.0 Å². The Morgan fingerprint density at radius 2 is 1.79 bits per heavy atom. The zero-order valence-electron chi connectivity index (χ0n) is 22.5. The van der Waals surface area contributed by atoms with Crippen molar-refractivity contribution < 1.29 is 14.7 Å². The number of carbonyl (C=O) groups is 2. The molecule has 0 atom stereocenters. The highest BCUT2D eigenvalue weighted by atomic mass is 32.2. The maximum atomic E-state index is 13.4. The number of fused-ring (bicyclic) bond motifs is 1. The highest BCUT2D eigenvalue weighted by Crippen LogP contribution is 2.33. The van der Waals surface area contributed by atoms with Gasteiger partial charge in [0.2, 0.25) is 0 Å². The van der Waals surface area contributed by atoms with E-state index in [1.165, 1.54) is 16.2 Å². The molecule has 206 valence electrons. The summed E-state index contributed by atoms with van der Waals surface area (Å²) in [6.07, 6.45) is 11.5. The molecule has 0 radical (unpaired) electrons. The number of thiocarbonyl (C=S) groups is 1. The van der Waals surface area contributed by atoms with E-state index in [1.54, 1.807) is 17.2 Å². The van der Waals surface area contributed by atoms with Crippen LogP contribution in [0.15, 0.2) is 28.0 Å². The molecule has 1 saturated heterocycles. The topological polar surface area (TPSA) is 104 Å². The largest absolute Gasteiger partial charge is 0.481 e. The number of carboxylic acid groups (broad SMARTS) is 1. The number of carbonyl (C=O) groups excluding carboxylic acids is 1. The van der Waals surface area contributed by atoms with Crippen LogP contribution in [-0.4, -0.2) is 48.7 Å². The smallest absolute Gasteiger partial charge is 0.303 e. The monoisotopic (exact) mass is 558 g/mol. The Bertz CT molecular complexity index is 1260. The Kier molecular flexibility index (Phi) is 11.3. The molecule has 2 aromatic heterocycles. The first-order chi connectivity index (χ1) is 18.2. The second-order valence-electron chi connectivity index (χ2n) is 10.1. The number of nitrogens with zero attached hydrogens (tertiary/aromatic N) is 3. The van der Waals surface area contributed by atoms with E-state index in [9.17, 15) is 14.4 Å². The number of carboxylic acids is 1. The molecule has 1 aliphatic rings. The molecule has 0 bridgehead atoms. The molecule has 0 aromatic carbocycles. The lowest BCUT2D eigenvalue weighted by Gasteiger charge is -2.14. The highest BCUT2D eigenvalue weighted by molar-refractivity contribution is 8.26. The minimum absolute atomic E-state index is 0.165. The summed E-state index contributed by atoms with van der Waals surface area (Å²) in [5.41, 5.74) is 1.62. The van der Waals surface area contributed by atoms with E-state index < -0.39 is 5.97 Å². The molecule has 10 heteroatoms. The zero-order chi connectivity index (χ0) is 27.7. The van der Waals surface area contributed by atoms with E-state index in [2.05, 4.69) is 19.2 Å². The van der Waals surface area contributed by atoms with Crippen molar-refractivity contribution in [3.8, 4) is 0 Å². The third kappa shape index (κ3) is 8.14. The van der Waals surface area contributed by atoms with Crippen molar-refractivity contribution in [1.29, 1.82) is 0 Å². The number of nitrogens with one attached hydrogen (secondary N) is 1. The summed E-state index contributed by atoms with van der Waals surface area (Å²) in [6, 6.07) is 3.73. The van der Waals surface area contributed by atoms with Crippen LogP contribution in [0.25, 0.3) is 11.7 Å². The van der Waals surface area contributed by atoms with Crippen LogP contribution in [0, 0.1) is 12.8 Å². The fraction of sp³-hybridized carbons (Fsp3) is 0.536. The zero-order valence-corrected chi connectivity index (χ0v) is 24.1. The molecule has 1 amide bonds. The molecular formula is C28H38N4O4S2. The molecule has 0 spiro atoms. The van der Waals surface area contributed by atoms with Crippen molar-refractivity contribution in [1.82, 2.24) is 14.3 Å². The van der Waals surface area contributed by atoms with E-state index in [0.717, 1.165) is 56.9 Å². The first kappa shape index (κ1) is 29.8. The second kappa shape index (κ2) is 14.4. The third-order valence-corrected chi connectivity index (χ3v) is 7.81. The Hall–Kier alpha value is -2.72. The number of aromatic nitrogens is 2. The van der Waals surface area contributed by atoms with Gasteiger partial charge in [-0.25, -0.2) is 4.98 Å². The number of unbranched alkanes of at least 4 members (excludes halogenated alkanes) is 7. The van der Waals surface area contributed by atoms with E-state index in [-0.39, 0.29) is 17.9 Å². The van der Waals surface area contributed by atoms with E-state index in [0.29, 0.717) is 45.3 Å². The SMILES string of the molecule is Cc1cccn2c(=O)c(/C=C3\SC(=S)N(CCCCCCCCCCC(=O)O)C3=O)c(NCC(C)C)nc12. The van der Waals surface area contributed by atoms with Gasteiger partial charge in [0.05, 0.1) is 10.5 Å². The minimum Gasteiger partial charge on any atom is -0.481 e. The number of aryl methyl sites for hydroxylation is 1. The predicted octanol–water partition coefficient (Wildman–Crippen LogP) is 5.87. The van der Waals surface area contributed by atoms with E-state index in [4.69, 9.17) is 22.3 Å². The Morgan fingerprint density at radius 1 is 1.13 bits per heavy atom. The lowest BCUT2D eigenvalue weighted by molar-refractivity contribution is -0.137. The molecule has 0 aliphatic carbocycles. The lowest BCUT2D eigenvalue weighted by Crippen LogP contribution is -2.29. The van der Waals surface area contributed by atoms with Gasteiger partial charge in [-0.1, -0.05) is 82.4 Å². The quantitative estimate of drug-likeness (QED) is 0.159. The predicted molar refractivity (Wildman–Crippen MR) is 159 cm³/mol. The Morgan fingerprint density at radius 3 is 2.45 bits per heavy atom. The van der Waals surface area contributed by atoms with Crippen LogP contribution in [0.2, 0.25) is 0 Å². The highest BCUT2D eigenvalue weighted by Gasteiger charge is 2.32. The van der Waals surface area contributed by atoms with Gasteiger partial charge in [-0.15, -0.1) is 0 Å². The molecule has 8 nitrogen and oxygen atoms in total. The van der Waals surface area contributed by atoms with Crippen LogP contribution in [0.1, 0.15) is 82.8 Å². The van der Waals surface area contributed by atoms with Crippen molar-refractivity contribution in [2.75, 3.05) is 18.4 Å². The van der Waals surface area contributed by atoms with Crippen LogP contribution in [0.5, 0.6) is 0 Å². The maximum absolute atomic E-state index is 13.4. The Balaban J connectivity index is 1.63. The first-order valence-electron chi connectivity index (χ1n) is 13.4. The van der Waals surface area contributed by atoms with Crippen LogP contribution < -0.4 is 10.9 Å². The van der Waals surface area contributed by atoms with Crippen LogP contribution in [-0.2, 0) is 9.59 Å². The second-order valence-corrected chi connectivity index (χ2v) is 11.8. The number of hydrogen-bond acceptors (Lipinski definition) is 7. The normalized spacial score (nSPS) is 14.8. The van der Waals surface area contributed by atoms with Gasteiger partial charge in [-0.05, 0) is 43.4 Å². The Labute approximate surface area is 233 Å². The van der Waals surface area contributed by atoms with Gasteiger partial charge in [-0.2, -0.15) is 0 Å². The van der Waals surface area contributed by atoms with Gasteiger partial charge in [0.15, 0.2) is 0 Å². The number of hydrogen-bond donors (Lipinski definition) is 2. The summed E-state index contributed by atoms with van der Waals surface area (Å²) >= 11 is 6.74. The average molecular weight is 559 g/mol. The molecule has 1 fully saturated rings. The van der Waals surface area contributed by atoms with Crippen molar-refractivity contribution in [2.24, 2.45) is 5.92 Å². The molecule has 0 saturated carbocycles. The molecule has 2 N–H and O–H groups in total. The fourth-order valence-corrected chi connectivity index (χ4v) is 5.60. The number of rotatable bonds is 15. The number of thioether (sulfide) groups is 1. The minimum atomic E-state index is -0.727. The average Bonchev–Trinajstić information content (AvgIpc) is 3.13. The van der Waals surface area contributed by atoms with Crippen LogP contribution in [0.4, 0.5) is 5.82 Å². The fourth-order valence-electron chi connectivity index (χ4n) is 4.31. The van der Waals surface area contributed by atoms with Gasteiger partial charge >= 0.3 is 5.97 Å². The molecular weight excluding hydrogens is 520 g/mol. The molecule has 38 heavy (non-hydrogen) atoms. The van der Waals surface area contributed by atoms with Gasteiger partial charge in [0, 0.05) is 25.7 Å². The van der Waals surface area contributed by atoms with Gasteiger partial charge in [0.1, 0.15) is 15.8 Å². The summed E-state index contributed by atoms with van der Waals surface area (Å²) in [6.45, 7) is 7.30. The number of amides is 1. The summed E-state index contributed by atoms with van der Waals surface area (Å²) in [5.74, 6) is -0.0570. The van der Waals surface area contributed by atoms with Crippen molar-refractivity contribution in [3.05, 3.63) is 44.7 Å². The third-order valence-electron chi connectivity index (χ3n) is 6.43. The van der Waals surface area contributed by atoms with Crippen molar-refractivity contribution >= 4 is 57.7 Å². The summed E-state index contributed by atoms with van der Waals surface area (Å²) in [4.78, 5) is 44.0. The maximum Gasteiger partial charge on any atom is 0.303 e. The summed E-state index contributed by atoms with van der Waals surface area (Å²) in [5, 5.41) is 12.0. The van der Waals surface area contributed by atoms with Gasteiger partial charge < -0.3 is 10.4 Å². The van der Waals surface area contributed by atoms with E-state index in [1.807, 2.05) is 19.1 Å². The lowest BCUT2D eigenvalue weighted by atomic mass is 10.1. The summed E-state index contributed by atoms with van der Waals surface area (Å²) < 4.78 is 2.04. The molecule has 2 aromatic rings. The molecule has 0 unspecified atom stereocenters. The summed E-state index contributed by atoms with van der Waals surface area (Å²) in [7, 11) is 0. The van der Waals surface area contributed by atoms with Gasteiger partial charge in [-0.3, -0.25) is 23.7 Å². The molecule has 3 rings (SSSR count). The van der Waals surface area contributed by atoms with Crippen molar-refractivity contribution in [3.63, 3.8) is 0 Å².